The van der Waals surface area contributed by atoms with E-state index in [0.29, 0.717) is 12.3 Å². The van der Waals surface area contributed by atoms with E-state index in [-0.39, 0.29) is 12.5 Å². The summed E-state index contributed by atoms with van der Waals surface area (Å²) >= 11 is 1.57. The highest BCUT2D eigenvalue weighted by Gasteiger charge is 2.22. The van der Waals surface area contributed by atoms with E-state index < -0.39 is 0 Å². The van der Waals surface area contributed by atoms with Crippen molar-refractivity contribution >= 4 is 32.6 Å². The molecule has 0 aliphatic heterocycles. The molecule has 5 nitrogen and oxygen atoms in total. The Hall–Kier alpha value is -2.44. The molecule has 0 fully saturated rings. The number of amides is 1. The maximum Gasteiger partial charge on any atom is 0.266 e. The topological polar surface area (TPSA) is 46.9 Å². The number of ether oxygens (including phenoxy) is 1. The summed E-state index contributed by atoms with van der Waals surface area (Å²) in [6, 6.07) is 13.7. The number of likely N-dealkylation sites (N-methyl/N-ethyl adjacent to an activating group) is 1. The number of hydrogen-bond donors (Lipinski definition) is 1. The Balaban J connectivity index is 1.83. The van der Waals surface area contributed by atoms with Crippen LogP contribution in [0.2, 0.25) is 0 Å². The predicted octanol–water partition coefficient (Wildman–Crippen LogP) is 3.25. The Morgan fingerprint density at radius 1 is 1.10 bits per heavy atom. The van der Waals surface area contributed by atoms with Gasteiger partial charge in [-0.15, -0.1) is 0 Å². The molecule has 0 spiro atoms. The summed E-state index contributed by atoms with van der Waals surface area (Å²) in [5.41, 5.74) is 3.38. The summed E-state index contributed by atoms with van der Waals surface area (Å²) in [5, 5.41) is 0.752. The third kappa shape index (κ3) is 5.14. The van der Waals surface area contributed by atoms with Crippen molar-refractivity contribution in [2.75, 3.05) is 37.7 Å². The number of para-hydroxylation sites is 1. The fourth-order valence-corrected chi connectivity index (χ4v) is 4.34. The second-order valence-electron chi connectivity index (χ2n) is 7.20. The number of quaternary nitrogens is 1. The number of thiazole rings is 1. The molecule has 0 unspecified atom stereocenters. The van der Waals surface area contributed by atoms with Crippen LogP contribution in [0.1, 0.15) is 25.0 Å². The first-order chi connectivity index (χ1) is 14.0. The molecule has 1 N–H and O–H groups in total. The highest BCUT2D eigenvalue weighted by atomic mass is 32.1. The lowest BCUT2D eigenvalue weighted by Gasteiger charge is -2.23. The smallest absolute Gasteiger partial charge is 0.266 e. The number of anilines is 1. The predicted molar refractivity (Wildman–Crippen MR) is 120 cm³/mol. The van der Waals surface area contributed by atoms with Crippen LogP contribution in [0.25, 0.3) is 10.2 Å². The molecule has 0 saturated heterocycles. The molecule has 0 bridgehead atoms. The number of hydrogen-bond acceptors (Lipinski definition) is 4. The first-order valence-corrected chi connectivity index (χ1v) is 11.0. The first-order valence-electron chi connectivity index (χ1n) is 10.2. The lowest BCUT2D eigenvalue weighted by molar-refractivity contribution is -0.894. The van der Waals surface area contributed by atoms with Gasteiger partial charge in [-0.05, 0) is 57.0 Å². The fraction of sp³-hybridized carbons (Fsp3) is 0.391. The van der Waals surface area contributed by atoms with Gasteiger partial charge in [0.2, 0.25) is 0 Å². The van der Waals surface area contributed by atoms with Crippen LogP contribution in [0.15, 0.2) is 42.5 Å². The molecule has 0 aliphatic carbocycles. The van der Waals surface area contributed by atoms with E-state index in [9.17, 15) is 4.79 Å². The molecule has 154 valence electrons. The summed E-state index contributed by atoms with van der Waals surface area (Å²) in [5.74, 6) is 0.639. The SMILES string of the molecule is CC[NH+](CC)CCN(C(=O)COc1ccccc1)c1nc2c(C)c(C)ccc2s1. The highest BCUT2D eigenvalue weighted by Crippen LogP contribution is 2.32. The van der Waals surface area contributed by atoms with Crippen LogP contribution in [0.5, 0.6) is 5.75 Å². The van der Waals surface area contributed by atoms with Gasteiger partial charge >= 0.3 is 0 Å². The quantitative estimate of drug-likeness (QED) is 0.587. The fourth-order valence-electron chi connectivity index (χ4n) is 3.27. The lowest BCUT2D eigenvalue weighted by atomic mass is 10.1. The van der Waals surface area contributed by atoms with Gasteiger partial charge in [-0.25, -0.2) is 4.98 Å². The van der Waals surface area contributed by atoms with Crippen molar-refractivity contribution in [2.45, 2.75) is 27.7 Å². The molecule has 0 atom stereocenters. The zero-order chi connectivity index (χ0) is 20.8. The molecule has 6 heteroatoms. The average Bonchev–Trinajstić information content (AvgIpc) is 3.18. The zero-order valence-electron chi connectivity index (χ0n) is 17.7. The molecule has 1 heterocycles. The Kier molecular flexibility index (Phi) is 7.23. The second-order valence-corrected chi connectivity index (χ2v) is 8.21. The van der Waals surface area contributed by atoms with Crippen molar-refractivity contribution in [2.24, 2.45) is 0 Å². The van der Waals surface area contributed by atoms with Gasteiger partial charge in [0.25, 0.3) is 5.91 Å². The highest BCUT2D eigenvalue weighted by molar-refractivity contribution is 7.22. The maximum atomic E-state index is 13.1. The van der Waals surface area contributed by atoms with Crippen molar-refractivity contribution in [3.05, 3.63) is 53.6 Å². The third-order valence-corrected chi connectivity index (χ3v) is 6.44. The van der Waals surface area contributed by atoms with Gasteiger partial charge < -0.3 is 9.64 Å². The molecule has 0 radical (unpaired) electrons. The molecular formula is C23H30N3O2S+. The van der Waals surface area contributed by atoms with E-state index in [4.69, 9.17) is 9.72 Å². The molecule has 2 aromatic carbocycles. The Labute approximate surface area is 176 Å². The summed E-state index contributed by atoms with van der Waals surface area (Å²) in [6.07, 6.45) is 0. The summed E-state index contributed by atoms with van der Waals surface area (Å²) < 4.78 is 6.84. The number of nitrogens with one attached hydrogen (secondary N) is 1. The van der Waals surface area contributed by atoms with Crippen molar-refractivity contribution in [1.29, 1.82) is 0 Å². The van der Waals surface area contributed by atoms with Crippen LogP contribution in [-0.2, 0) is 4.79 Å². The number of fused-ring (bicyclic) bond motifs is 1. The third-order valence-electron chi connectivity index (χ3n) is 5.40. The number of aromatic nitrogens is 1. The van der Waals surface area contributed by atoms with E-state index in [1.807, 2.05) is 30.3 Å². The largest absolute Gasteiger partial charge is 0.484 e. The molecule has 3 aromatic rings. The molecular weight excluding hydrogens is 382 g/mol. The van der Waals surface area contributed by atoms with Gasteiger partial charge in [0, 0.05) is 0 Å². The van der Waals surface area contributed by atoms with Gasteiger partial charge in [-0.3, -0.25) is 9.69 Å². The zero-order valence-corrected chi connectivity index (χ0v) is 18.5. The number of benzene rings is 2. The molecule has 29 heavy (non-hydrogen) atoms. The van der Waals surface area contributed by atoms with Crippen LogP contribution in [0.4, 0.5) is 5.13 Å². The normalized spacial score (nSPS) is 11.2. The number of aryl methyl sites for hydroxylation is 2. The number of carbonyl (C=O) groups is 1. The van der Waals surface area contributed by atoms with Crippen LogP contribution >= 0.6 is 11.3 Å². The molecule has 1 amide bonds. The van der Waals surface area contributed by atoms with Gasteiger partial charge in [0.1, 0.15) is 5.75 Å². The van der Waals surface area contributed by atoms with Crippen LogP contribution in [0.3, 0.4) is 0 Å². The van der Waals surface area contributed by atoms with Crippen LogP contribution in [0, 0.1) is 13.8 Å². The van der Waals surface area contributed by atoms with Crippen LogP contribution in [-0.4, -0.2) is 43.7 Å². The first kappa shape index (κ1) is 21.3. The van der Waals surface area contributed by atoms with E-state index in [2.05, 4.69) is 39.8 Å². The minimum absolute atomic E-state index is 0.00549. The molecule has 0 saturated carbocycles. The summed E-state index contributed by atoms with van der Waals surface area (Å²) in [7, 11) is 0. The molecule has 0 aliphatic rings. The maximum absolute atomic E-state index is 13.1. The van der Waals surface area contributed by atoms with E-state index in [0.717, 1.165) is 35.0 Å². The minimum atomic E-state index is -0.0613. The summed E-state index contributed by atoms with van der Waals surface area (Å²) in [6.45, 7) is 12.1. The summed E-state index contributed by atoms with van der Waals surface area (Å²) in [4.78, 5) is 21.2. The van der Waals surface area contributed by atoms with E-state index in [1.165, 1.54) is 16.0 Å². The van der Waals surface area contributed by atoms with Crippen LogP contribution < -0.4 is 14.5 Å². The van der Waals surface area contributed by atoms with Gasteiger partial charge in [-0.1, -0.05) is 35.6 Å². The van der Waals surface area contributed by atoms with Gasteiger partial charge in [-0.2, -0.15) is 0 Å². The van der Waals surface area contributed by atoms with Crippen molar-refractivity contribution < 1.29 is 14.4 Å². The standard InChI is InChI=1S/C23H29N3O2S/c1-5-25(6-2)14-15-26(21(27)16-28-19-10-8-7-9-11-19)23-24-22-18(4)17(3)12-13-20(22)29-23/h7-13H,5-6,14-16H2,1-4H3/p+1. The molecule has 1 aromatic heterocycles. The number of carbonyl (C=O) groups excluding carboxylic acids is 1. The van der Waals surface area contributed by atoms with Gasteiger partial charge in [0.15, 0.2) is 11.7 Å². The number of rotatable bonds is 9. The van der Waals surface area contributed by atoms with Crippen molar-refractivity contribution in [1.82, 2.24) is 4.98 Å². The lowest BCUT2D eigenvalue weighted by Crippen LogP contribution is -3.12. The second kappa shape index (κ2) is 9.85. The van der Waals surface area contributed by atoms with Gasteiger partial charge in [0.05, 0.1) is 36.4 Å². The van der Waals surface area contributed by atoms with E-state index in [1.54, 1.807) is 16.2 Å². The Bertz CT molecular complexity index is 951. The molecule has 3 rings (SSSR count). The van der Waals surface area contributed by atoms with E-state index >= 15 is 0 Å². The van der Waals surface area contributed by atoms with Crippen molar-refractivity contribution in [3.8, 4) is 5.75 Å². The number of nitrogens with zero attached hydrogens (tertiary/aromatic N) is 2. The minimum Gasteiger partial charge on any atom is -0.484 e. The van der Waals surface area contributed by atoms with Crippen molar-refractivity contribution in [3.63, 3.8) is 0 Å². The Morgan fingerprint density at radius 2 is 1.83 bits per heavy atom. The monoisotopic (exact) mass is 412 g/mol. The average molecular weight is 413 g/mol. The Morgan fingerprint density at radius 3 is 2.52 bits per heavy atom.